The Kier molecular flexibility index (Phi) is 3.98. The Balaban J connectivity index is 2.49. The van der Waals surface area contributed by atoms with Gasteiger partial charge < -0.3 is 14.8 Å². The van der Waals surface area contributed by atoms with Gasteiger partial charge in [0.1, 0.15) is 6.04 Å². The zero-order valence-electron chi connectivity index (χ0n) is 10.9. The summed E-state index contributed by atoms with van der Waals surface area (Å²) in [7, 11) is -3.28. The highest BCUT2D eigenvalue weighted by Gasteiger charge is 2.45. The minimum Gasteiger partial charge on any atom is -0.468 e. The van der Waals surface area contributed by atoms with Crippen molar-refractivity contribution in [2.75, 3.05) is 13.7 Å². The van der Waals surface area contributed by atoms with E-state index in [1.54, 1.807) is 4.98 Å². The number of nitrogens with zero attached hydrogens (tertiary/aromatic N) is 1. The molecule has 0 spiro atoms. The lowest BCUT2D eigenvalue weighted by Gasteiger charge is -2.21. The van der Waals surface area contributed by atoms with Crippen LogP contribution in [0.3, 0.4) is 0 Å². The van der Waals surface area contributed by atoms with Crippen LogP contribution in [0, 0.1) is 0 Å². The molecule has 1 aliphatic rings. The van der Waals surface area contributed by atoms with Crippen molar-refractivity contribution in [3.05, 3.63) is 27.0 Å². The summed E-state index contributed by atoms with van der Waals surface area (Å²) >= 11 is 0. The molecule has 2 atom stereocenters. The average Bonchev–Trinajstić information content (AvgIpc) is 2.80. The molecular weight excluding hydrogens is 306 g/mol. The van der Waals surface area contributed by atoms with E-state index in [2.05, 4.69) is 4.74 Å². The fourth-order valence-electron chi connectivity index (χ4n) is 2.12. The highest BCUT2D eigenvalue weighted by Crippen LogP contribution is 2.25. The molecule has 1 aliphatic heterocycles. The van der Waals surface area contributed by atoms with Crippen molar-refractivity contribution in [3.8, 4) is 0 Å². The van der Waals surface area contributed by atoms with Crippen LogP contribution in [0.4, 0.5) is 0 Å². The van der Waals surface area contributed by atoms with Crippen LogP contribution in [-0.4, -0.2) is 59.6 Å². The number of aliphatic hydroxyl groups excluding tert-OH is 1. The minimum absolute atomic E-state index is 0.132. The molecule has 2 rings (SSSR count). The summed E-state index contributed by atoms with van der Waals surface area (Å²) < 4.78 is 30.0. The molecule has 1 aromatic rings. The number of nitrogens with one attached hydrogen (secondary N) is 2. The normalized spacial score (nSPS) is 23.1. The number of sulfonamides is 1. The zero-order valence-corrected chi connectivity index (χ0v) is 11.7. The maximum absolute atomic E-state index is 12.4. The van der Waals surface area contributed by atoms with Gasteiger partial charge in [-0.05, 0) is 0 Å². The summed E-state index contributed by atoms with van der Waals surface area (Å²) in [6.07, 6.45) is -0.436. The largest absolute Gasteiger partial charge is 0.468 e. The predicted molar refractivity (Wildman–Crippen MR) is 68.0 cm³/mol. The fraction of sp³-hybridized carbons (Fsp3) is 0.500. The van der Waals surface area contributed by atoms with Crippen LogP contribution < -0.4 is 11.2 Å². The first-order valence-corrected chi connectivity index (χ1v) is 7.31. The van der Waals surface area contributed by atoms with E-state index in [9.17, 15) is 27.9 Å². The van der Waals surface area contributed by atoms with E-state index in [1.807, 2.05) is 4.98 Å². The van der Waals surface area contributed by atoms with Crippen molar-refractivity contribution in [3.63, 3.8) is 0 Å². The van der Waals surface area contributed by atoms with Crippen LogP contribution in [-0.2, 0) is 19.6 Å². The van der Waals surface area contributed by atoms with E-state index in [0.717, 1.165) is 13.3 Å². The van der Waals surface area contributed by atoms with E-state index in [0.29, 0.717) is 4.31 Å². The summed E-state index contributed by atoms with van der Waals surface area (Å²) in [5.41, 5.74) is -1.96. The minimum atomic E-state index is -4.36. The van der Waals surface area contributed by atoms with Gasteiger partial charge in [0.25, 0.3) is 15.6 Å². The number of rotatable bonds is 3. The van der Waals surface area contributed by atoms with E-state index in [4.69, 9.17) is 0 Å². The summed E-state index contributed by atoms with van der Waals surface area (Å²) in [5.74, 6) is -0.837. The molecule has 10 nitrogen and oxygen atoms in total. The van der Waals surface area contributed by atoms with Gasteiger partial charge in [0.15, 0.2) is 4.90 Å². The Bertz CT molecular complexity index is 765. The monoisotopic (exact) mass is 319 g/mol. The van der Waals surface area contributed by atoms with Gasteiger partial charge in [0.2, 0.25) is 0 Å². The van der Waals surface area contributed by atoms with E-state index < -0.39 is 44.3 Å². The number of esters is 1. The Hall–Kier alpha value is -1.98. The lowest BCUT2D eigenvalue weighted by molar-refractivity contribution is -0.144. The molecule has 1 saturated heterocycles. The second-order valence-corrected chi connectivity index (χ2v) is 6.30. The van der Waals surface area contributed by atoms with Crippen LogP contribution in [0.15, 0.2) is 20.7 Å². The maximum Gasteiger partial charge on any atom is 0.325 e. The van der Waals surface area contributed by atoms with Gasteiger partial charge in [-0.25, -0.2) is 13.2 Å². The van der Waals surface area contributed by atoms with Gasteiger partial charge in [-0.3, -0.25) is 14.6 Å². The van der Waals surface area contributed by atoms with Gasteiger partial charge in [-0.1, -0.05) is 0 Å². The number of methoxy groups -OCH3 is 1. The molecule has 1 fully saturated rings. The standard InChI is InChI=1S/C10H13N3O7S/c1-20-9(16)6-2-5(14)4-13(6)21(18,19)7-3-11-10(17)12-8(7)15/h3,5-6,14H,2,4H2,1H3,(H2,11,12,15,17). The van der Waals surface area contributed by atoms with Crippen LogP contribution in [0.1, 0.15) is 6.42 Å². The third-order valence-corrected chi connectivity index (χ3v) is 4.96. The molecular formula is C10H13N3O7S. The number of aromatic amines is 2. The zero-order chi connectivity index (χ0) is 15.8. The van der Waals surface area contributed by atoms with Crippen molar-refractivity contribution < 1.29 is 23.1 Å². The quantitative estimate of drug-likeness (QED) is 0.515. The molecule has 0 aliphatic carbocycles. The van der Waals surface area contributed by atoms with Crippen LogP contribution in [0.5, 0.6) is 0 Å². The van der Waals surface area contributed by atoms with Crippen LogP contribution >= 0.6 is 0 Å². The average molecular weight is 319 g/mol. The number of β-amino-alcohol motifs (C(OH)–C–C–N with tert-alkyl or cyclic N) is 1. The van der Waals surface area contributed by atoms with Gasteiger partial charge in [-0.15, -0.1) is 0 Å². The number of hydrogen-bond acceptors (Lipinski definition) is 7. The van der Waals surface area contributed by atoms with Crippen molar-refractivity contribution in [1.82, 2.24) is 14.3 Å². The topological polar surface area (TPSA) is 150 Å². The van der Waals surface area contributed by atoms with E-state index >= 15 is 0 Å². The Morgan fingerprint density at radius 3 is 2.71 bits per heavy atom. The number of aromatic nitrogens is 2. The highest BCUT2D eigenvalue weighted by atomic mass is 32.2. The first-order valence-electron chi connectivity index (χ1n) is 5.87. The van der Waals surface area contributed by atoms with Crippen LogP contribution in [0.25, 0.3) is 0 Å². The second-order valence-electron chi connectivity index (χ2n) is 4.44. The molecule has 11 heteroatoms. The molecule has 1 aromatic heterocycles. The van der Waals surface area contributed by atoms with E-state index in [1.165, 1.54) is 0 Å². The van der Waals surface area contributed by atoms with Crippen molar-refractivity contribution in [1.29, 1.82) is 0 Å². The lowest BCUT2D eigenvalue weighted by Crippen LogP contribution is -2.43. The van der Waals surface area contributed by atoms with E-state index in [-0.39, 0.29) is 13.0 Å². The fourth-order valence-corrected chi connectivity index (χ4v) is 3.74. The van der Waals surface area contributed by atoms with Crippen molar-refractivity contribution in [2.24, 2.45) is 0 Å². The lowest BCUT2D eigenvalue weighted by atomic mass is 10.2. The number of carbonyl (C=O) groups excluding carboxylic acids is 1. The SMILES string of the molecule is COC(=O)C1CC(O)CN1S(=O)(=O)c1c[nH]c(=O)[nH]c1=O. The Morgan fingerprint density at radius 2 is 2.14 bits per heavy atom. The third-order valence-electron chi connectivity index (χ3n) is 3.08. The Labute approximate surface area is 118 Å². The van der Waals surface area contributed by atoms with Gasteiger partial charge in [0, 0.05) is 19.2 Å². The first-order chi connectivity index (χ1) is 9.77. The van der Waals surface area contributed by atoms with Gasteiger partial charge >= 0.3 is 11.7 Å². The number of ether oxygens (including phenoxy) is 1. The van der Waals surface area contributed by atoms with Gasteiger partial charge in [0.05, 0.1) is 13.2 Å². The molecule has 116 valence electrons. The predicted octanol–water partition coefficient (Wildman–Crippen LogP) is -2.64. The molecule has 2 heterocycles. The molecule has 0 amide bonds. The number of carbonyl (C=O) groups is 1. The molecule has 21 heavy (non-hydrogen) atoms. The number of H-pyrrole nitrogens is 2. The third kappa shape index (κ3) is 2.75. The van der Waals surface area contributed by atoms with Crippen molar-refractivity contribution in [2.45, 2.75) is 23.5 Å². The number of aliphatic hydroxyl groups is 1. The highest BCUT2D eigenvalue weighted by molar-refractivity contribution is 7.89. The second kappa shape index (κ2) is 5.42. The summed E-state index contributed by atoms with van der Waals surface area (Å²) in [6, 6.07) is -1.22. The van der Waals surface area contributed by atoms with Crippen LogP contribution in [0.2, 0.25) is 0 Å². The summed E-state index contributed by atoms with van der Waals surface area (Å²) in [6.45, 7) is -0.347. The number of hydrogen-bond donors (Lipinski definition) is 3. The molecule has 0 radical (unpaired) electrons. The first kappa shape index (κ1) is 15.4. The molecule has 0 bridgehead atoms. The summed E-state index contributed by atoms with van der Waals surface area (Å²) in [5, 5.41) is 9.58. The molecule has 2 unspecified atom stereocenters. The Morgan fingerprint density at radius 1 is 1.48 bits per heavy atom. The smallest absolute Gasteiger partial charge is 0.325 e. The molecule has 0 aromatic carbocycles. The maximum atomic E-state index is 12.4. The van der Waals surface area contributed by atoms with Gasteiger partial charge in [-0.2, -0.15) is 4.31 Å². The summed E-state index contributed by atoms with van der Waals surface area (Å²) in [4.78, 5) is 37.3. The molecule has 3 N–H and O–H groups in total. The molecule has 0 saturated carbocycles. The van der Waals surface area contributed by atoms with Crippen molar-refractivity contribution >= 4 is 16.0 Å².